The molecular weight excluding hydrogens is 368 g/mol. The molecule has 3 aliphatic rings. The number of morpholine rings is 1. The van der Waals surface area contributed by atoms with Crippen LogP contribution in [-0.4, -0.2) is 68.5 Å². The standard InChI is InChI=1S/C23H34N2O4/c26-22(19-6-4-7-20(16-19)29-17-21-8-5-13-28-21)24-18-23(9-2-1-3-10-23)25-11-14-27-15-12-25/h4,6-7,16,21H,1-3,5,8-15,17-18H2,(H,24,26)/t21-/m1/s1. The summed E-state index contributed by atoms with van der Waals surface area (Å²) in [5.41, 5.74) is 0.730. The van der Waals surface area contributed by atoms with E-state index >= 15 is 0 Å². The van der Waals surface area contributed by atoms with E-state index in [0.717, 1.165) is 64.3 Å². The summed E-state index contributed by atoms with van der Waals surface area (Å²) in [6.07, 6.45) is 8.39. The van der Waals surface area contributed by atoms with Crippen LogP contribution < -0.4 is 10.1 Å². The van der Waals surface area contributed by atoms with Crippen molar-refractivity contribution in [3.63, 3.8) is 0 Å². The molecule has 160 valence electrons. The number of hydrogen-bond donors (Lipinski definition) is 1. The van der Waals surface area contributed by atoms with Gasteiger partial charge in [-0.2, -0.15) is 0 Å². The van der Waals surface area contributed by atoms with Crippen LogP contribution in [0, 0.1) is 0 Å². The molecule has 0 radical (unpaired) electrons. The maximum absolute atomic E-state index is 12.9. The van der Waals surface area contributed by atoms with Gasteiger partial charge in [-0.25, -0.2) is 0 Å². The van der Waals surface area contributed by atoms with Gasteiger partial charge in [-0.1, -0.05) is 25.3 Å². The Morgan fingerprint density at radius 3 is 2.72 bits per heavy atom. The van der Waals surface area contributed by atoms with Crippen molar-refractivity contribution < 1.29 is 19.0 Å². The van der Waals surface area contributed by atoms with Crippen LogP contribution in [0.15, 0.2) is 24.3 Å². The molecule has 1 amide bonds. The first-order valence-corrected chi connectivity index (χ1v) is 11.2. The van der Waals surface area contributed by atoms with Gasteiger partial charge in [0.05, 0.1) is 19.3 Å². The Hall–Kier alpha value is -1.63. The van der Waals surface area contributed by atoms with E-state index in [1.165, 1.54) is 19.3 Å². The molecule has 6 nitrogen and oxygen atoms in total. The average molecular weight is 403 g/mol. The number of carbonyl (C=O) groups is 1. The summed E-state index contributed by atoms with van der Waals surface area (Å²) in [6.45, 7) is 5.57. The predicted molar refractivity (Wildman–Crippen MR) is 111 cm³/mol. The van der Waals surface area contributed by atoms with E-state index in [1.807, 2.05) is 24.3 Å². The molecule has 2 heterocycles. The number of carbonyl (C=O) groups excluding carboxylic acids is 1. The topological polar surface area (TPSA) is 60.0 Å². The Morgan fingerprint density at radius 2 is 1.97 bits per heavy atom. The maximum atomic E-state index is 12.9. The summed E-state index contributed by atoms with van der Waals surface area (Å²) < 4.78 is 17.0. The lowest BCUT2D eigenvalue weighted by atomic mass is 9.79. The zero-order chi connectivity index (χ0) is 19.9. The van der Waals surface area contributed by atoms with Gasteiger partial charge in [0.1, 0.15) is 12.4 Å². The van der Waals surface area contributed by atoms with E-state index < -0.39 is 0 Å². The Balaban J connectivity index is 1.35. The van der Waals surface area contributed by atoms with Crippen molar-refractivity contribution in [3.8, 4) is 5.75 Å². The van der Waals surface area contributed by atoms with Gasteiger partial charge in [0.25, 0.3) is 5.91 Å². The molecule has 0 spiro atoms. The predicted octanol–water partition coefficient (Wildman–Crippen LogP) is 3.01. The molecule has 0 unspecified atom stereocenters. The molecular formula is C23H34N2O4. The first-order valence-electron chi connectivity index (χ1n) is 11.2. The number of hydrogen-bond acceptors (Lipinski definition) is 5. The highest BCUT2D eigenvalue weighted by atomic mass is 16.5. The summed E-state index contributed by atoms with van der Waals surface area (Å²) in [5, 5.41) is 3.23. The van der Waals surface area contributed by atoms with Gasteiger partial charge in [-0.05, 0) is 43.9 Å². The van der Waals surface area contributed by atoms with Crippen LogP contribution in [-0.2, 0) is 9.47 Å². The van der Waals surface area contributed by atoms with Crippen LogP contribution in [0.25, 0.3) is 0 Å². The van der Waals surface area contributed by atoms with Crippen LogP contribution in [0.4, 0.5) is 0 Å². The van der Waals surface area contributed by atoms with Crippen LogP contribution >= 0.6 is 0 Å². The number of rotatable bonds is 7. The lowest BCUT2D eigenvalue weighted by molar-refractivity contribution is -0.0361. The average Bonchev–Trinajstić information content (AvgIpc) is 3.31. The largest absolute Gasteiger partial charge is 0.491 e. The fourth-order valence-corrected chi connectivity index (χ4v) is 4.89. The van der Waals surface area contributed by atoms with Gasteiger partial charge in [0.15, 0.2) is 0 Å². The SMILES string of the molecule is O=C(NCC1(N2CCOCC2)CCCCC1)c1cccc(OC[C@H]2CCCO2)c1. The minimum atomic E-state index is -0.0224. The summed E-state index contributed by atoms with van der Waals surface area (Å²) in [5.74, 6) is 0.708. The van der Waals surface area contributed by atoms with Gasteiger partial charge >= 0.3 is 0 Å². The third kappa shape index (κ3) is 5.30. The van der Waals surface area contributed by atoms with Crippen LogP contribution in [0.2, 0.25) is 0 Å². The quantitative estimate of drug-likeness (QED) is 0.760. The van der Waals surface area contributed by atoms with Crippen molar-refractivity contribution in [1.29, 1.82) is 0 Å². The molecule has 2 saturated heterocycles. The first-order chi connectivity index (χ1) is 14.3. The Kier molecular flexibility index (Phi) is 7.06. The molecule has 3 fully saturated rings. The second-order valence-electron chi connectivity index (χ2n) is 8.54. The third-order valence-corrected chi connectivity index (χ3v) is 6.60. The Morgan fingerprint density at radius 1 is 1.14 bits per heavy atom. The summed E-state index contributed by atoms with van der Waals surface area (Å²) >= 11 is 0. The highest BCUT2D eigenvalue weighted by Crippen LogP contribution is 2.34. The summed E-state index contributed by atoms with van der Waals surface area (Å²) in [4.78, 5) is 15.4. The van der Waals surface area contributed by atoms with E-state index in [4.69, 9.17) is 14.2 Å². The van der Waals surface area contributed by atoms with E-state index in [9.17, 15) is 4.79 Å². The molecule has 1 atom stereocenters. The highest BCUT2D eigenvalue weighted by Gasteiger charge is 2.38. The first kappa shape index (κ1) is 20.6. The molecule has 29 heavy (non-hydrogen) atoms. The highest BCUT2D eigenvalue weighted by molar-refractivity contribution is 5.94. The van der Waals surface area contributed by atoms with Crippen LogP contribution in [0.3, 0.4) is 0 Å². The number of amides is 1. The Bertz CT molecular complexity index is 663. The van der Waals surface area contributed by atoms with Crippen molar-refractivity contribution in [2.75, 3.05) is 46.1 Å². The van der Waals surface area contributed by atoms with E-state index in [0.29, 0.717) is 18.7 Å². The van der Waals surface area contributed by atoms with Gasteiger partial charge in [0.2, 0.25) is 0 Å². The molecule has 1 saturated carbocycles. The minimum Gasteiger partial charge on any atom is -0.491 e. The van der Waals surface area contributed by atoms with Crippen molar-refractivity contribution in [3.05, 3.63) is 29.8 Å². The Labute approximate surface area is 173 Å². The van der Waals surface area contributed by atoms with Gasteiger partial charge in [-0.3, -0.25) is 9.69 Å². The van der Waals surface area contributed by atoms with Gasteiger partial charge in [0, 0.05) is 37.3 Å². The fraction of sp³-hybridized carbons (Fsp3) is 0.696. The molecule has 0 bridgehead atoms. The maximum Gasteiger partial charge on any atom is 0.251 e. The lowest BCUT2D eigenvalue weighted by Gasteiger charge is -2.48. The molecule has 1 N–H and O–H groups in total. The molecule has 4 rings (SSSR count). The fourth-order valence-electron chi connectivity index (χ4n) is 4.89. The van der Waals surface area contributed by atoms with E-state index in [-0.39, 0.29) is 17.6 Å². The van der Waals surface area contributed by atoms with Gasteiger partial charge in [-0.15, -0.1) is 0 Å². The number of nitrogens with zero attached hydrogens (tertiary/aromatic N) is 1. The lowest BCUT2D eigenvalue weighted by Crippen LogP contribution is -2.59. The number of nitrogens with one attached hydrogen (secondary N) is 1. The summed E-state index contributed by atoms with van der Waals surface area (Å²) in [6, 6.07) is 7.49. The third-order valence-electron chi connectivity index (χ3n) is 6.60. The molecule has 1 aromatic rings. The zero-order valence-corrected chi connectivity index (χ0v) is 17.4. The molecule has 1 aromatic carbocycles. The normalized spacial score (nSPS) is 24.9. The van der Waals surface area contributed by atoms with E-state index in [1.54, 1.807) is 0 Å². The van der Waals surface area contributed by atoms with Crippen molar-refractivity contribution in [2.45, 2.75) is 56.6 Å². The minimum absolute atomic E-state index is 0.0224. The smallest absolute Gasteiger partial charge is 0.251 e. The van der Waals surface area contributed by atoms with Crippen LogP contribution in [0.1, 0.15) is 55.3 Å². The molecule has 2 aliphatic heterocycles. The molecule has 0 aromatic heterocycles. The second kappa shape index (κ2) is 9.92. The molecule has 1 aliphatic carbocycles. The van der Waals surface area contributed by atoms with Crippen LogP contribution in [0.5, 0.6) is 5.75 Å². The monoisotopic (exact) mass is 402 g/mol. The van der Waals surface area contributed by atoms with E-state index in [2.05, 4.69) is 10.2 Å². The van der Waals surface area contributed by atoms with Gasteiger partial charge < -0.3 is 19.5 Å². The van der Waals surface area contributed by atoms with Crippen molar-refractivity contribution in [1.82, 2.24) is 10.2 Å². The summed E-state index contributed by atoms with van der Waals surface area (Å²) in [7, 11) is 0. The van der Waals surface area contributed by atoms with Crippen molar-refractivity contribution >= 4 is 5.91 Å². The number of ether oxygens (including phenoxy) is 3. The zero-order valence-electron chi connectivity index (χ0n) is 17.4. The van der Waals surface area contributed by atoms with Crippen molar-refractivity contribution in [2.24, 2.45) is 0 Å². The molecule has 6 heteroatoms. The number of benzene rings is 1. The second-order valence-corrected chi connectivity index (χ2v) is 8.54.